The van der Waals surface area contributed by atoms with Gasteiger partial charge in [0.1, 0.15) is 0 Å². The molecule has 2 aliphatic heterocycles. The fraction of sp³-hybridized carbons (Fsp3) is 0.455. The van der Waals surface area contributed by atoms with Crippen molar-refractivity contribution in [3.8, 4) is 11.5 Å². The molecule has 4 nitrogen and oxygen atoms in total. The Morgan fingerprint density at radius 1 is 1.25 bits per heavy atom. The first kappa shape index (κ1) is 10.2. The minimum Gasteiger partial charge on any atom is -0.454 e. The van der Waals surface area contributed by atoms with Crippen molar-refractivity contribution in [3.05, 3.63) is 22.7 Å². The minimum atomic E-state index is -0.406. The highest BCUT2D eigenvalue weighted by Crippen LogP contribution is 2.41. The Hall–Kier alpha value is -0.970. The summed E-state index contributed by atoms with van der Waals surface area (Å²) in [5, 5.41) is 0.573. The second kappa shape index (κ2) is 3.80. The summed E-state index contributed by atoms with van der Waals surface area (Å²) < 4.78 is 21.6. The van der Waals surface area contributed by atoms with Crippen LogP contribution < -0.4 is 9.47 Å². The first-order chi connectivity index (χ1) is 7.74. The smallest absolute Gasteiger partial charge is 0.231 e. The highest BCUT2D eigenvalue weighted by molar-refractivity contribution is 6.31. The van der Waals surface area contributed by atoms with Crippen LogP contribution in [0, 0.1) is 0 Å². The van der Waals surface area contributed by atoms with E-state index >= 15 is 0 Å². The number of hydrogen-bond donors (Lipinski definition) is 0. The molecule has 0 saturated carbocycles. The molecule has 0 aliphatic carbocycles. The maximum atomic E-state index is 6.14. The molecule has 0 spiro atoms. The van der Waals surface area contributed by atoms with Crippen LogP contribution in [-0.4, -0.2) is 19.5 Å². The topological polar surface area (TPSA) is 36.9 Å². The van der Waals surface area contributed by atoms with Crippen molar-refractivity contribution in [2.24, 2.45) is 0 Å². The lowest BCUT2D eigenvalue weighted by molar-refractivity contribution is -0.0572. The molecule has 2 heterocycles. The van der Waals surface area contributed by atoms with Gasteiger partial charge in [-0.05, 0) is 13.0 Å². The molecule has 86 valence electrons. The first-order valence-electron chi connectivity index (χ1n) is 5.10. The highest BCUT2D eigenvalue weighted by Gasteiger charge is 2.28. The Bertz CT molecular complexity index is 421. The highest BCUT2D eigenvalue weighted by atomic mass is 35.5. The van der Waals surface area contributed by atoms with Crippen LogP contribution in [0.1, 0.15) is 18.8 Å². The van der Waals surface area contributed by atoms with Crippen molar-refractivity contribution in [1.29, 1.82) is 0 Å². The molecule has 0 amide bonds. The van der Waals surface area contributed by atoms with Crippen molar-refractivity contribution in [3.63, 3.8) is 0 Å². The van der Waals surface area contributed by atoms with E-state index in [2.05, 4.69) is 0 Å². The Morgan fingerprint density at radius 3 is 2.69 bits per heavy atom. The Kier molecular flexibility index (Phi) is 2.42. The Balaban J connectivity index is 1.95. The summed E-state index contributed by atoms with van der Waals surface area (Å²) in [5.74, 6) is 1.35. The van der Waals surface area contributed by atoms with Gasteiger partial charge in [-0.2, -0.15) is 0 Å². The van der Waals surface area contributed by atoms with Crippen LogP contribution in [0.4, 0.5) is 0 Å². The zero-order valence-electron chi connectivity index (χ0n) is 8.73. The van der Waals surface area contributed by atoms with Gasteiger partial charge in [-0.1, -0.05) is 11.6 Å². The minimum absolute atomic E-state index is 0.0893. The zero-order valence-corrected chi connectivity index (χ0v) is 9.49. The van der Waals surface area contributed by atoms with E-state index < -0.39 is 6.29 Å². The van der Waals surface area contributed by atoms with Gasteiger partial charge < -0.3 is 18.9 Å². The summed E-state index contributed by atoms with van der Waals surface area (Å²) in [7, 11) is 0. The van der Waals surface area contributed by atoms with Gasteiger partial charge in [0, 0.05) is 11.6 Å². The third-order valence-electron chi connectivity index (χ3n) is 2.58. The second-order valence-corrected chi connectivity index (χ2v) is 4.25. The summed E-state index contributed by atoms with van der Waals surface area (Å²) in [4.78, 5) is 0. The summed E-state index contributed by atoms with van der Waals surface area (Å²) in [6, 6.07) is 3.54. The van der Waals surface area contributed by atoms with E-state index in [9.17, 15) is 0 Å². The van der Waals surface area contributed by atoms with Crippen molar-refractivity contribution >= 4 is 11.6 Å². The van der Waals surface area contributed by atoms with Crippen molar-refractivity contribution in [1.82, 2.24) is 0 Å². The Morgan fingerprint density at radius 2 is 2.00 bits per heavy atom. The Labute approximate surface area is 98.0 Å². The van der Waals surface area contributed by atoms with Crippen LogP contribution in [0.3, 0.4) is 0 Å². The molecule has 1 fully saturated rings. The SMILES string of the molecule is CC1COC(c2cc3c(cc2Cl)OCO3)O1. The van der Waals surface area contributed by atoms with Gasteiger partial charge in [-0.25, -0.2) is 0 Å². The summed E-state index contributed by atoms with van der Waals surface area (Å²) in [6.07, 6.45) is -0.316. The van der Waals surface area contributed by atoms with Crippen LogP contribution in [0.2, 0.25) is 5.02 Å². The lowest BCUT2D eigenvalue weighted by atomic mass is 10.2. The lowest BCUT2D eigenvalue weighted by Crippen LogP contribution is -2.03. The molecule has 2 atom stereocenters. The lowest BCUT2D eigenvalue weighted by Gasteiger charge is -2.12. The van der Waals surface area contributed by atoms with E-state index in [1.807, 2.05) is 13.0 Å². The van der Waals surface area contributed by atoms with E-state index in [1.54, 1.807) is 6.07 Å². The van der Waals surface area contributed by atoms with Crippen molar-refractivity contribution in [2.75, 3.05) is 13.4 Å². The first-order valence-corrected chi connectivity index (χ1v) is 5.48. The molecule has 16 heavy (non-hydrogen) atoms. The number of ether oxygens (including phenoxy) is 4. The van der Waals surface area contributed by atoms with Crippen LogP contribution in [0.25, 0.3) is 0 Å². The molecule has 5 heteroatoms. The van der Waals surface area contributed by atoms with Gasteiger partial charge in [0.25, 0.3) is 0 Å². The van der Waals surface area contributed by atoms with Crippen LogP contribution in [0.5, 0.6) is 11.5 Å². The van der Waals surface area contributed by atoms with E-state index in [4.69, 9.17) is 30.5 Å². The fourth-order valence-electron chi connectivity index (χ4n) is 1.79. The van der Waals surface area contributed by atoms with Gasteiger partial charge in [0.05, 0.1) is 17.7 Å². The molecule has 1 aromatic rings. The average Bonchev–Trinajstić information content (AvgIpc) is 2.84. The van der Waals surface area contributed by atoms with Crippen molar-refractivity contribution in [2.45, 2.75) is 19.3 Å². The number of hydrogen-bond acceptors (Lipinski definition) is 4. The predicted octanol–water partition coefficient (Wildman–Crippen LogP) is 2.50. The van der Waals surface area contributed by atoms with E-state index in [0.29, 0.717) is 23.1 Å². The summed E-state index contributed by atoms with van der Waals surface area (Å²) in [6.45, 7) is 2.77. The number of benzene rings is 1. The molecule has 2 unspecified atom stereocenters. The standard InChI is InChI=1S/C11H11ClO4/c1-6-4-13-11(16-6)7-2-9-10(3-8(7)12)15-5-14-9/h2-3,6,11H,4-5H2,1H3. The van der Waals surface area contributed by atoms with E-state index in [-0.39, 0.29) is 12.9 Å². The molecule has 2 aliphatic rings. The molecular formula is C11H11ClO4. The normalized spacial score (nSPS) is 27.4. The molecule has 0 N–H and O–H groups in total. The maximum Gasteiger partial charge on any atom is 0.231 e. The van der Waals surface area contributed by atoms with Gasteiger partial charge in [-0.15, -0.1) is 0 Å². The van der Waals surface area contributed by atoms with E-state index in [0.717, 1.165) is 5.56 Å². The molecular weight excluding hydrogens is 232 g/mol. The second-order valence-electron chi connectivity index (χ2n) is 3.84. The average molecular weight is 243 g/mol. The maximum absolute atomic E-state index is 6.14. The molecule has 0 bridgehead atoms. The summed E-state index contributed by atoms with van der Waals surface area (Å²) in [5.41, 5.74) is 0.787. The van der Waals surface area contributed by atoms with E-state index in [1.165, 1.54) is 0 Å². The largest absolute Gasteiger partial charge is 0.454 e. The molecule has 1 saturated heterocycles. The zero-order chi connectivity index (χ0) is 11.1. The molecule has 0 radical (unpaired) electrons. The van der Waals surface area contributed by atoms with Crippen molar-refractivity contribution < 1.29 is 18.9 Å². The third-order valence-corrected chi connectivity index (χ3v) is 2.91. The van der Waals surface area contributed by atoms with Gasteiger partial charge in [0.2, 0.25) is 6.79 Å². The molecule has 3 rings (SSSR count). The monoisotopic (exact) mass is 242 g/mol. The molecule has 1 aromatic carbocycles. The third kappa shape index (κ3) is 1.63. The van der Waals surface area contributed by atoms with Crippen LogP contribution in [-0.2, 0) is 9.47 Å². The number of halogens is 1. The van der Waals surface area contributed by atoms with Gasteiger partial charge >= 0.3 is 0 Å². The quantitative estimate of drug-likeness (QED) is 0.758. The van der Waals surface area contributed by atoms with Gasteiger partial charge in [-0.3, -0.25) is 0 Å². The summed E-state index contributed by atoms with van der Waals surface area (Å²) >= 11 is 6.14. The predicted molar refractivity (Wildman–Crippen MR) is 56.8 cm³/mol. The van der Waals surface area contributed by atoms with Crippen LogP contribution in [0.15, 0.2) is 12.1 Å². The van der Waals surface area contributed by atoms with Gasteiger partial charge in [0.15, 0.2) is 17.8 Å². The van der Waals surface area contributed by atoms with Crippen LogP contribution >= 0.6 is 11.6 Å². The number of fused-ring (bicyclic) bond motifs is 1. The fourth-order valence-corrected chi connectivity index (χ4v) is 2.03. The number of rotatable bonds is 1. The molecule has 0 aromatic heterocycles.